The Kier molecular flexibility index (Phi) is 3.13. The van der Waals surface area contributed by atoms with Crippen molar-refractivity contribution in [3.8, 4) is 6.07 Å². The minimum Gasteiger partial charge on any atom is -0.307 e. The fraction of sp³-hybridized carbons (Fsp3) is 0.0625. The normalized spacial score (nSPS) is 10.4. The molecule has 0 aliphatic carbocycles. The van der Waals surface area contributed by atoms with E-state index in [1.54, 1.807) is 12.1 Å². The maximum Gasteiger partial charge on any atom is 0.329 e. The van der Waals surface area contributed by atoms with Crippen molar-refractivity contribution < 1.29 is 0 Å². The Morgan fingerprint density at radius 2 is 1.86 bits per heavy atom. The molecule has 0 aliphatic heterocycles. The highest BCUT2D eigenvalue weighted by atomic mass is 16.2. The van der Waals surface area contributed by atoms with Crippen LogP contribution in [0, 0.1) is 11.3 Å². The maximum atomic E-state index is 12.5. The summed E-state index contributed by atoms with van der Waals surface area (Å²) < 4.78 is 1.14. The average molecular weight is 277 g/mol. The lowest BCUT2D eigenvalue weighted by Gasteiger charge is -2.06. The van der Waals surface area contributed by atoms with Crippen molar-refractivity contribution >= 4 is 10.9 Å². The van der Waals surface area contributed by atoms with E-state index in [0.717, 1.165) is 10.1 Å². The number of nitrogens with one attached hydrogen (secondary N) is 1. The smallest absolute Gasteiger partial charge is 0.307 e. The molecular formula is C16H11N3O2. The summed E-state index contributed by atoms with van der Waals surface area (Å²) >= 11 is 0. The molecule has 1 N–H and O–H groups in total. The van der Waals surface area contributed by atoms with E-state index in [1.165, 1.54) is 6.07 Å². The molecular weight excluding hydrogens is 266 g/mol. The summed E-state index contributed by atoms with van der Waals surface area (Å²) in [6.45, 7) is 0.196. The number of aromatic amines is 1. The van der Waals surface area contributed by atoms with Crippen LogP contribution in [0.3, 0.4) is 0 Å². The van der Waals surface area contributed by atoms with Gasteiger partial charge in [0.15, 0.2) is 0 Å². The number of aromatic nitrogens is 2. The van der Waals surface area contributed by atoms with Crippen molar-refractivity contribution in [2.45, 2.75) is 6.54 Å². The van der Waals surface area contributed by atoms with Gasteiger partial charge in [-0.15, -0.1) is 0 Å². The second-order valence-electron chi connectivity index (χ2n) is 4.68. The molecule has 0 radical (unpaired) electrons. The molecule has 21 heavy (non-hydrogen) atoms. The van der Waals surface area contributed by atoms with Gasteiger partial charge in [-0.05, 0) is 23.8 Å². The molecule has 2 aromatic carbocycles. The van der Waals surface area contributed by atoms with Gasteiger partial charge in [-0.2, -0.15) is 5.26 Å². The molecule has 3 rings (SSSR count). The number of nitrogens with zero attached hydrogens (tertiary/aromatic N) is 2. The molecule has 3 aromatic rings. The highest BCUT2D eigenvalue weighted by molar-refractivity contribution is 5.78. The van der Waals surface area contributed by atoms with E-state index < -0.39 is 11.2 Å². The van der Waals surface area contributed by atoms with Crippen molar-refractivity contribution in [3.05, 3.63) is 80.5 Å². The van der Waals surface area contributed by atoms with Gasteiger partial charge < -0.3 is 4.98 Å². The van der Waals surface area contributed by atoms with Gasteiger partial charge >= 0.3 is 5.69 Å². The van der Waals surface area contributed by atoms with E-state index >= 15 is 0 Å². The van der Waals surface area contributed by atoms with Crippen LogP contribution < -0.4 is 11.2 Å². The number of hydrogen-bond acceptors (Lipinski definition) is 3. The summed E-state index contributed by atoms with van der Waals surface area (Å²) in [7, 11) is 0. The van der Waals surface area contributed by atoms with Gasteiger partial charge in [0.1, 0.15) is 0 Å². The fourth-order valence-electron chi connectivity index (χ4n) is 2.23. The third-order valence-electron chi connectivity index (χ3n) is 3.29. The predicted octanol–water partition coefficient (Wildman–Crippen LogP) is 1.61. The van der Waals surface area contributed by atoms with Crippen LogP contribution >= 0.6 is 0 Å². The standard InChI is InChI=1S/C16H11N3O2/c17-9-12-6-7-14-13(8-12)15(20)19(16(21)18-14)10-11-4-2-1-3-5-11/h1-8H,10H2,(H,18,21). The number of rotatable bonds is 2. The monoisotopic (exact) mass is 277 g/mol. The quantitative estimate of drug-likeness (QED) is 0.773. The first-order chi connectivity index (χ1) is 10.2. The Morgan fingerprint density at radius 1 is 1.10 bits per heavy atom. The third kappa shape index (κ3) is 2.35. The lowest BCUT2D eigenvalue weighted by Crippen LogP contribution is -2.35. The third-order valence-corrected chi connectivity index (χ3v) is 3.29. The molecule has 5 nitrogen and oxygen atoms in total. The van der Waals surface area contributed by atoms with Gasteiger partial charge in [0.05, 0.1) is 29.1 Å². The first-order valence-corrected chi connectivity index (χ1v) is 6.40. The Labute approximate surface area is 119 Å². The zero-order valence-electron chi connectivity index (χ0n) is 11.0. The fourth-order valence-corrected chi connectivity index (χ4v) is 2.23. The van der Waals surface area contributed by atoms with Crippen LogP contribution in [0.4, 0.5) is 0 Å². The van der Waals surface area contributed by atoms with Crippen LogP contribution in [0.15, 0.2) is 58.1 Å². The van der Waals surface area contributed by atoms with Crippen LogP contribution in [0.1, 0.15) is 11.1 Å². The zero-order valence-corrected chi connectivity index (χ0v) is 11.0. The Morgan fingerprint density at radius 3 is 2.57 bits per heavy atom. The van der Waals surface area contributed by atoms with Crippen LogP contribution in [-0.4, -0.2) is 9.55 Å². The lowest BCUT2D eigenvalue weighted by atomic mass is 10.1. The van der Waals surface area contributed by atoms with E-state index in [4.69, 9.17) is 5.26 Å². The molecule has 5 heteroatoms. The zero-order chi connectivity index (χ0) is 14.8. The molecule has 0 spiro atoms. The van der Waals surface area contributed by atoms with Crippen molar-refractivity contribution in [1.82, 2.24) is 9.55 Å². The summed E-state index contributed by atoms with van der Waals surface area (Å²) in [5.41, 5.74) is 0.836. The van der Waals surface area contributed by atoms with E-state index in [1.807, 2.05) is 36.4 Å². The van der Waals surface area contributed by atoms with Gasteiger partial charge in [0.25, 0.3) is 5.56 Å². The number of nitriles is 1. The predicted molar refractivity (Wildman–Crippen MR) is 79.1 cm³/mol. The summed E-state index contributed by atoms with van der Waals surface area (Å²) in [6, 6.07) is 15.9. The molecule has 0 fully saturated rings. The Bertz CT molecular complexity index is 963. The van der Waals surface area contributed by atoms with Gasteiger partial charge in [-0.1, -0.05) is 30.3 Å². The minimum atomic E-state index is -0.457. The van der Waals surface area contributed by atoms with Crippen LogP contribution in [0.5, 0.6) is 0 Å². The Balaban J connectivity index is 2.22. The molecule has 1 heterocycles. The second-order valence-corrected chi connectivity index (χ2v) is 4.68. The molecule has 0 saturated heterocycles. The minimum absolute atomic E-state index is 0.196. The van der Waals surface area contributed by atoms with Crippen LogP contribution in [-0.2, 0) is 6.54 Å². The number of fused-ring (bicyclic) bond motifs is 1. The largest absolute Gasteiger partial charge is 0.329 e. The molecule has 0 saturated carbocycles. The van der Waals surface area contributed by atoms with Crippen molar-refractivity contribution in [2.75, 3.05) is 0 Å². The van der Waals surface area contributed by atoms with Crippen molar-refractivity contribution in [2.24, 2.45) is 0 Å². The highest BCUT2D eigenvalue weighted by Crippen LogP contribution is 2.08. The van der Waals surface area contributed by atoms with Gasteiger partial charge in [-0.25, -0.2) is 4.79 Å². The summed E-state index contributed by atoms with van der Waals surface area (Å²) in [5, 5.41) is 9.25. The molecule has 0 aliphatic rings. The molecule has 0 unspecified atom stereocenters. The highest BCUT2D eigenvalue weighted by Gasteiger charge is 2.08. The van der Waals surface area contributed by atoms with Gasteiger partial charge in [0, 0.05) is 0 Å². The number of benzene rings is 2. The summed E-state index contributed by atoms with van der Waals surface area (Å²) in [5.74, 6) is 0. The van der Waals surface area contributed by atoms with E-state index in [9.17, 15) is 9.59 Å². The average Bonchev–Trinajstić information content (AvgIpc) is 2.52. The van der Waals surface area contributed by atoms with Crippen molar-refractivity contribution in [3.63, 3.8) is 0 Å². The second kappa shape index (κ2) is 5.10. The molecule has 1 aromatic heterocycles. The van der Waals surface area contributed by atoms with E-state index in [-0.39, 0.29) is 6.54 Å². The first-order valence-electron chi connectivity index (χ1n) is 6.40. The number of H-pyrrole nitrogens is 1. The SMILES string of the molecule is N#Cc1ccc2[nH]c(=O)n(Cc3ccccc3)c(=O)c2c1. The first kappa shape index (κ1) is 12.9. The lowest BCUT2D eigenvalue weighted by molar-refractivity contribution is 0.712. The summed E-state index contributed by atoms with van der Waals surface area (Å²) in [6.07, 6.45) is 0. The molecule has 0 atom stereocenters. The molecule has 0 amide bonds. The topological polar surface area (TPSA) is 78.7 Å². The molecule has 102 valence electrons. The Hall–Kier alpha value is -3.13. The molecule has 0 bridgehead atoms. The van der Waals surface area contributed by atoms with Gasteiger partial charge in [-0.3, -0.25) is 9.36 Å². The number of hydrogen-bond donors (Lipinski definition) is 1. The van der Waals surface area contributed by atoms with E-state index in [0.29, 0.717) is 16.5 Å². The summed E-state index contributed by atoms with van der Waals surface area (Å²) in [4.78, 5) is 27.2. The van der Waals surface area contributed by atoms with Crippen molar-refractivity contribution in [1.29, 1.82) is 5.26 Å². The van der Waals surface area contributed by atoms with Crippen LogP contribution in [0.25, 0.3) is 10.9 Å². The van der Waals surface area contributed by atoms with E-state index in [2.05, 4.69) is 4.98 Å². The maximum absolute atomic E-state index is 12.5. The van der Waals surface area contributed by atoms with Crippen LogP contribution in [0.2, 0.25) is 0 Å². The van der Waals surface area contributed by atoms with Gasteiger partial charge in [0.2, 0.25) is 0 Å².